The predicted molar refractivity (Wildman–Crippen MR) is 60.4 cm³/mol. The molecule has 1 unspecified atom stereocenters. The first kappa shape index (κ1) is 13.6. The molecule has 5 heteroatoms. The number of alkyl halides is 3. The number of hydrogen-bond donors (Lipinski definition) is 1. The SMILES string of the molecule is C/C(=C\c1cccc(OC(F)(F)F)c1)C(C)N. The molecule has 0 saturated carbocycles. The van der Waals surface area contributed by atoms with Crippen LogP contribution in [-0.2, 0) is 0 Å². The second kappa shape index (κ2) is 5.23. The average molecular weight is 245 g/mol. The second-order valence-electron chi connectivity index (χ2n) is 3.80. The van der Waals surface area contributed by atoms with Crippen LogP contribution in [0.1, 0.15) is 19.4 Å². The molecule has 0 fully saturated rings. The molecule has 0 bridgehead atoms. The van der Waals surface area contributed by atoms with Gasteiger partial charge in [0, 0.05) is 6.04 Å². The molecule has 1 aromatic rings. The van der Waals surface area contributed by atoms with Gasteiger partial charge in [0.2, 0.25) is 0 Å². The van der Waals surface area contributed by atoms with Crippen molar-refractivity contribution in [3.63, 3.8) is 0 Å². The summed E-state index contributed by atoms with van der Waals surface area (Å²) in [5, 5.41) is 0. The van der Waals surface area contributed by atoms with Gasteiger partial charge in [0.05, 0.1) is 0 Å². The maximum atomic E-state index is 12.0. The molecule has 94 valence electrons. The minimum Gasteiger partial charge on any atom is -0.406 e. The summed E-state index contributed by atoms with van der Waals surface area (Å²) >= 11 is 0. The molecule has 0 heterocycles. The van der Waals surface area contributed by atoms with Crippen molar-refractivity contribution >= 4 is 6.08 Å². The average Bonchev–Trinajstić information content (AvgIpc) is 2.15. The topological polar surface area (TPSA) is 35.2 Å². The lowest BCUT2D eigenvalue weighted by atomic mass is 10.1. The van der Waals surface area contributed by atoms with Crippen LogP contribution in [0.25, 0.3) is 6.08 Å². The third-order valence-corrected chi connectivity index (χ3v) is 2.20. The number of hydrogen-bond acceptors (Lipinski definition) is 2. The molecule has 1 atom stereocenters. The molecular weight excluding hydrogens is 231 g/mol. The van der Waals surface area contributed by atoms with Crippen LogP contribution >= 0.6 is 0 Å². The Hall–Kier alpha value is -1.49. The zero-order valence-corrected chi connectivity index (χ0v) is 9.58. The van der Waals surface area contributed by atoms with E-state index in [0.29, 0.717) is 5.56 Å². The Labute approximate surface area is 97.9 Å². The molecule has 1 aromatic carbocycles. The summed E-state index contributed by atoms with van der Waals surface area (Å²) in [7, 11) is 0. The Morgan fingerprint density at radius 2 is 2.06 bits per heavy atom. The van der Waals surface area contributed by atoms with Crippen LogP contribution in [0, 0.1) is 0 Å². The summed E-state index contributed by atoms with van der Waals surface area (Å²) in [6.07, 6.45) is -2.94. The smallest absolute Gasteiger partial charge is 0.406 e. The fourth-order valence-corrected chi connectivity index (χ4v) is 1.20. The van der Waals surface area contributed by atoms with E-state index in [9.17, 15) is 13.2 Å². The van der Waals surface area contributed by atoms with E-state index in [-0.39, 0.29) is 11.8 Å². The predicted octanol–water partition coefficient (Wildman–Crippen LogP) is 3.34. The van der Waals surface area contributed by atoms with E-state index in [1.807, 2.05) is 13.8 Å². The van der Waals surface area contributed by atoms with Gasteiger partial charge in [0.1, 0.15) is 5.75 Å². The van der Waals surface area contributed by atoms with Crippen molar-refractivity contribution in [3.8, 4) is 5.75 Å². The fourth-order valence-electron chi connectivity index (χ4n) is 1.20. The first-order valence-electron chi connectivity index (χ1n) is 5.07. The van der Waals surface area contributed by atoms with Crippen molar-refractivity contribution in [1.29, 1.82) is 0 Å². The third kappa shape index (κ3) is 4.91. The fraction of sp³-hybridized carbons (Fsp3) is 0.333. The summed E-state index contributed by atoms with van der Waals surface area (Å²) < 4.78 is 39.8. The molecule has 0 aliphatic carbocycles. The summed E-state index contributed by atoms with van der Waals surface area (Å²) in [6.45, 7) is 3.63. The molecular formula is C12H14F3NO. The van der Waals surface area contributed by atoms with E-state index in [2.05, 4.69) is 4.74 Å². The lowest BCUT2D eigenvalue weighted by molar-refractivity contribution is -0.274. The van der Waals surface area contributed by atoms with Gasteiger partial charge in [-0.25, -0.2) is 0 Å². The lowest BCUT2D eigenvalue weighted by Gasteiger charge is -2.10. The van der Waals surface area contributed by atoms with Gasteiger partial charge in [0.15, 0.2) is 0 Å². The maximum Gasteiger partial charge on any atom is 0.573 e. The summed E-state index contributed by atoms with van der Waals surface area (Å²) in [4.78, 5) is 0. The van der Waals surface area contributed by atoms with Crippen LogP contribution in [0.2, 0.25) is 0 Å². The normalized spacial score (nSPS) is 14.6. The number of halogens is 3. The highest BCUT2D eigenvalue weighted by molar-refractivity contribution is 5.55. The number of benzene rings is 1. The first-order valence-corrected chi connectivity index (χ1v) is 5.07. The molecule has 0 aliphatic rings. The summed E-state index contributed by atoms with van der Waals surface area (Å²) in [5.74, 6) is -0.233. The molecule has 2 nitrogen and oxygen atoms in total. The van der Waals surface area contributed by atoms with Crippen molar-refractivity contribution < 1.29 is 17.9 Å². The van der Waals surface area contributed by atoms with Gasteiger partial charge in [-0.2, -0.15) is 0 Å². The molecule has 0 aromatic heterocycles. The summed E-state index contributed by atoms with van der Waals surface area (Å²) in [6, 6.07) is 5.63. The van der Waals surface area contributed by atoms with E-state index < -0.39 is 6.36 Å². The minimum absolute atomic E-state index is 0.137. The highest BCUT2D eigenvalue weighted by atomic mass is 19.4. The number of rotatable bonds is 3. The van der Waals surface area contributed by atoms with Crippen molar-refractivity contribution in [3.05, 3.63) is 35.4 Å². The Morgan fingerprint density at radius 3 is 2.59 bits per heavy atom. The molecule has 0 amide bonds. The van der Waals surface area contributed by atoms with Gasteiger partial charge in [-0.05, 0) is 31.5 Å². The van der Waals surface area contributed by atoms with E-state index in [4.69, 9.17) is 5.73 Å². The van der Waals surface area contributed by atoms with E-state index in [1.165, 1.54) is 18.2 Å². The molecule has 2 N–H and O–H groups in total. The van der Waals surface area contributed by atoms with Gasteiger partial charge in [-0.1, -0.05) is 23.8 Å². The van der Waals surface area contributed by atoms with Crippen molar-refractivity contribution in [2.24, 2.45) is 5.73 Å². The largest absolute Gasteiger partial charge is 0.573 e. The highest BCUT2D eigenvalue weighted by Crippen LogP contribution is 2.24. The van der Waals surface area contributed by atoms with E-state index >= 15 is 0 Å². The zero-order valence-electron chi connectivity index (χ0n) is 9.58. The zero-order chi connectivity index (χ0) is 13.1. The van der Waals surface area contributed by atoms with Crippen molar-refractivity contribution in [2.75, 3.05) is 0 Å². The van der Waals surface area contributed by atoms with Crippen LogP contribution in [0.5, 0.6) is 5.75 Å². The Balaban J connectivity index is 2.90. The van der Waals surface area contributed by atoms with Gasteiger partial charge in [-0.15, -0.1) is 13.2 Å². The van der Waals surface area contributed by atoms with Crippen LogP contribution in [0.15, 0.2) is 29.8 Å². The van der Waals surface area contributed by atoms with Gasteiger partial charge < -0.3 is 10.5 Å². The van der Waals surface area contributed by atoms with Crippen LogP contribution in [-0.4, -0.2) is 12.4 Å². The van der Waals surface area contributed by atoms with Crippen LogP contribution in [0.3, 0.4) is 0 Å². The minimum atomic E-state index is -4.67. The Morgan fingerprint density at radius 1 is 1.41 bits per heavy atom. The third-order valence-electron chi connectivity index (χ3n) is 2.20. The monoisotopic (exact) mass is 245 g/mol. The lowest BCUT2D eigenvalue weighted by Crippen LogP contribution is -2.17. The van der Waals surface area contributed by atoms with Gasteiger partial charge in [0.25, 0.3) is 0 Å². The van der Waals surface area contributed by atoms with Crippen LogP contribution in [0.4, 0.5) is 13.2 Å². The maximum absolute atomic E-state index is 12.0. The van der Waals surface area contributed by atoms with E-state index in [1.54, 1.807) is 12.1 Å². The van der Waals surface area contributed by atoms with Crippen molar-refractivity contribution in [2.45, 2.75) is 26.3 Å². The summed E-state index contributed by atoms with van der Waals surface area (Å²) in [5.41, 5.74) is 7.15. The van der Waals surface area contributed by atoms with Gasteiger partial charge in [-0.3, -0.25) is 0 Å². The Bertz CT molecular complexity index is 410. The number of ether oxygens (including phenoxy) is 1. The molecule has 17 heavy (non-hydrogen) atoms. The first-order chi connectivity index (χ1) is 7.78. The standard InChI is InChI=1S/C12H14F3NO/c1-8(9(2)16)6-10-4-3-5-11(7-10)17-12(13,14)15/h3-7,9H,16H2,1-2H3/b8-6+. The van der Waals surface area contributed by atoms with Crippen LogP contribution < -0.4 is 10.5 Å². The quantitative estimate of drug-likeness (QED) is 0.886. The van der Waals surface area contributed by atoms with Crippen molar-refractivity contribution in [1.82, 2.24) is 0 Å². The number of nitrogens with two attached hydrogens (primary N) is 1. The highest BCUT2D eigenvalue weighted by Gasteiger charge is 2.30. The Kier molecular flexibility index (Phi) is 4.17. The molecule has 1 rings (SSSR count). The molecule has 0 aliphatic heterocycles. The van der Waals surface area contributed by atoms with E-state index in [0.717, 1.165) is 5.57 Å². The second-order valence-corrected chi connectivity index (χ2v) is 3.80. The molecule has 0 saturated heterocycles. The molecule has 0 spiro atoms. The molecule has 0 radical (unpaired) electrons. The van der Waals surface area contributed by atoms with Gasteiger partial charge >= 0.3 is 6.36 Å².